The maximum absolute atomic E-state index is 12.8. The van der Waals surface area contributed by atoms with Crippen LogP contribution in [0, 0.1) is 18.8 Å². The molecular formula is C26H40ClN5O2Si. The van der Waals surface area contributed by atoms with Crippen LogP contribution in [0.1, 0.15) is 44.0 Å². The number of hydrogen-bond acceptors (Lipinski definition) is 5. The zero-order valence-electron chi connectivity index (χ0n) is 21.7. The predicted octanol–water partition coefficient (Wildman–Crippen LogP) is 5.52. The molecule has 2 saturated carbocycles. The number of carbonyl (C=O) groups is 1. The Morgan fingerprint density at radius 1 is 1.20 bits per heavy atom. The topological polar surface area (TPSA) is 95.1 Å². The molecule has 0 radical (unpaired) electrons. The molecule has 2 aromatic heterocycles. The summed E-state index contributed by atoms with van der Waals surface area (Å²) in [4.78, 5) is 17.4. The van der Waals surface area contributed by atoms with Gasteiger partial charge in [-0.1, -0.05) is 26.6 Å². The first-order chi connectivity index (χ1) is 16.2. The fourth-order valence-electron chi connectivity index (χ4n) is 4.46. The van der Waals surface area contributed by atoms with Crippen molar-refractivity contribution in [3.63, 3.8) is 0 Å². The van der Waals surface area contributed by atoms with Gasteiger partial charge < -0.3 is 15.8 Å². The van der Waals surface area contributed by atoms with E-state index in [1.165, 1.54) is 5.57 Å². The summed E-state index contributed by atoms with van der Waals surface area (Å²) in [5.41, 5.74) is 12.5. The highest BCUT2D eigenvalue weighted by atomic mass is 35.5. The number of halogens is 1. The van der Waals surface area contributed by atoms with Crippen molar-refractivity contribution in [1.82, 2.24) is 14.8 Å². The number of amides is 1. The molecule has 192 valence electrons. The molecule has 0 aromatic carbocycles. The van der Waals surface area contributed by atoms with Crippen LogP contribution in [0.4, 0.5) is 5.69 Å². The average molecular weight is 518 g/mol. The Hall–Kier alpha value is -2.16. The molecule has 2 heterocycles. The van der Waals surface area contributed by atoms with Gasteiger partial charge in [0.25, 0.3) is 5.91 Å². The molecule has 0 unspecified atom stereocenters. The van der Waals surface area contributed by atoms with Crippen LogP contribution in [0.2, 0.25) is 25.7 Å². The van der Waals surface area contributed by atoms with Gasteiger partial charge in [-0.25, -0.2) is 4.68 Å². The summed E-state index contributed by atoms with van der Waals surface area (Å²) in [5, 5.41) is 7.66. The highest BCUT2D eigenvalue weighted by molar-refractivity contribution is 6.76. The number of ether oxygens (including phenoxy) is 1. The summed E-state index contributed by atoms with van der Waals surface area (Å²) >= 11 is 0. The standard InChI is InChI=1S/C26H39N5O2Si.ClH/c1-6-22-23(17(2)30-31(22)16-33-13-14-34(3,4)5)21-12-11-20(15-28-21)29-26(32)25(27)24(18-7-8-18)19-9-10-19;/h11-12,15,18-19H,6-10,13-14,16,27H2,1-5H3,(H,29,32);1H. The minimum absolute atomic E-state index is 0. The molecule has 4 rings (SSSR count). The molecule has 7 nitrogen and oxygen atoms in total. The fraction of sp³-hybridized carbons (Fsp3) is 0.577. The third kappa shape index (κ3) is 6.95. The lowest BCUT2D eigenvalue weighted by molar-refractivity contribution is -0.113. The molecule has 2 aromatic rings. The summed E-state index contributed by atoms with van der Waals surface area (Å²) in [7, 11) is -1.12. The van der Waals surface area contributed by atoms with Crippen molar-refractivity contribution >= 4 is 32.1 Å². The second-order valence-electron chi connectivity index (χ2n) is 10.9. The molecular weight excluding hydrogens is 478 g/mol. The van der Waals surface area contributed by atoms with Gasteiger partial charge in [0.2, 0.25) is 0 Å². The monoisotopic (exact) mass is 517 g/mol. The van der Waals surface area contributed by atoms with Crippen LogP contribution in [0.3, 0.4) is 0 Å². The second-order valence-corrected chi connectivity index (χ2v) is 16.5. The van der Waals surface area contributed by atoms with Gasteiger partial charge in [-0.3, -0.25) is 9.78 Å². The molecule has 0 spiro atoms. The largest absolute Gasteiger partial charge is 0.394 e. The molecule has 2 aliphatic rings. The van der Waals surface area contributed by atoms with Crippen LogP contribution in [0.5, 0.6) is 0 Å². The molecule has 0 bridgehead atoms. The molecule has 3 N–H and O–H groups in total. The minimum atomic E-state index is -1.12. The van der Waals surface area contributed by atoms with Gasteiger partial charge in [0.15, 0.2) is 0 Å². The quantitative estimate of drug-likeness (QED) is 0.232. The maximum Gasteiger partial charge on any atom is 0.271 e. The zero-order valence-corrected chi connectivity index (χ0v) is 23.5. The number of nitrogens with zero attached hydrogens (tertiary/aromatic N) is 3. The first kappa shape index (κ1) is 27.4. The van der Waals surface area contributed by atoms with Gasteiger partial charge in [-0.05, 0) is 74.6 Å². The van der Waals surface area contributed by atoms with Crippen LogP contribution in [0.15, 0.2) is 29.6 Å². The molecule has 2 fully saturated rings. The highest BCUT2D eigenvalue weighted by Gasteiger charge is 2.39. The third-order valence-corrected chi connectivity index (χ3v) is 8.35. The third-order valence-electron chi connectivity index (χ3n) is 6.65. The van der Waals surface area contributed by atoms with Crippen molar-refractivity contribution in [2.24, 2.45) is 17.6 Å². The number of anilines is 1. The van der Waals surface area contributed by atoms with Gasteiger partial charge in [-0.15, -0.1) is 12.4 Å². The normalized spacial score (nSPS) is 15.5. The van der Waals surface area contributed by atoms with Crippen molar-refractivity contribution in [2.45, 2.75) is 78.4 Å². The van der Waals surface area contributed by atoms with Crippen LogP contribution in [-0.2, 0) is 22.7 Å². The van der Waals surface area contributed by atoms with Gasteiger partial charge in [0.05, 0.1) is 34.7 Å². The van der Waals surface area contributed by atoms with E-state index in [0.29, 0.717) is 30.0 Å². The van der Waals surface area contributed by atoms with Crippen LogP contribution >= 0.6 is 12.4 Å². The van der Waals surface area contributed by atoms with Gasteiger partial charge in [0, 0.05) is 20.2 Å². The van der Waals surface area contributed by atoms with Crippen LogP contribution in [0.25, 0.3) is 11.3 Å². The Morgan fingerprint density at radius 3 is 2.37 bits per heavy atom. The van der Waals surface area contributed by atoms with E-state index >= 15 is 0 Å². The number of pyridine rings is 1. The molecule has 0 aliphatic heterocycles. The van der Waals surface area contributed by atoms with Gasteiger partial charge in [0.1, 0.15) is 6.73 Å². The lowest BCUT2D eigenvalue weighted by Gasteiger charge is -2.16. The lowest BCUT2D eigenvalue weighted by Crippen LogP contribution is -2.23. The van der Waals surface area contributed by atoms with Crippen molar-refractivity contribution in [2.75, 3.05) is 11.9 Å². The Labute approximate surface area is 216 Å². The lowest BCUT2D eigenvalue weighted by atomic mass is 10.0. The summed E-state index contributed by atoms with van der Waals surface area (Å²) in [6.45, 7) is 12.4. The number of aromatic nitrogens is 3. The summed E-state index contributed by atoms with van der Waals surface area (Å²) in [5.74, 6) is 0.826. The molecule has 0 atom stereocenters. The molecule has 1 amide bonds. The first-order valence-corrected chi connectivity index (χ1v) is 16.3. The summed E-state index contributed by atoms with van der Waals surface area (Å²) in [6, 6.07) is 4.97. The summed E-state index contributed by atoms with van der Waals surface area (Å²) in [6.07, 6.45) is 7.17. The van der Waals surface area contributed by atoms with E-state index in [9.17, 15) is 4.79 Å². The molecule has 9 heteroatoms. The number of aryl methyl sites for hydroxylation is 1. The van der Waals surface area contributed by atoms with Gasteiger partial charge in [-0.2, -0.15) is 5.10 Å². The number of nitrogens with one attached hydrogen (secondary N) is 1. The van der Waals surface area contributed by atoms with Gasteiger partial charge >= 0.3 is 0 Å². The SMILES string of the molecule is CCc1c(-c2ccc(NC(=O)C(N)=C(C3CC3)C3CC3)cn2)c(C)nn1COCC[Si](C)(C)C.Cl. The van der Waals surface area contributed by atoms with E-state index < -0.39 is 8.07 Å². The van der Waals surface area contributed by atoms with Crippen molar-refractivity contribution in [1.29, 1.82) is 0 Å². The minimum Gasteiger partial charge on any atom is -0.394 e. The molecule has 35 heavy (non-hydrogen) atoms. The van der Waals surface area contributed by atoms with E-state index in [1.807, 2.05) is 23.7 Å². The zero-order chi connectivity index (χ0) is 24.5. The average Bonchev–Trinajstić information content (AvgIpc) is 3.71. The smallest absolute Gasteiger partial charge is 0.271 e. The number of nitrogens with two attached hydrogens (primary N) is 1. The highest BCUT2D eigenvalue weighted by Crippen LogP contribution is 2.49. The Kier molecular flexibility index (Phi) is 8.83. The number of hydrogen-bond donors (Lipinski definition) is 2. The summed E-state index contributed by atoms with van der Waals surface area (Å²) < 4.78 is 7.89. The van der Waals surface area contributed by atoms with E-state index in [4.69, 9.17) is 15.6 Å². The first-order valence-electron chi connectivity index (χ1n) is 12.6. The maximum atomic E-state index is 12.8. The molecule has 0 saturated heterocycles. The number of carbonyl (C=O) groups excluding carboxylic acids is 1. The number of allylic oxidation sites excluding steroid dienone is 1. The fourth-order valence-corrected chi connectivity index (χ4v) is 5.22. The van der Waals surface area contributed by atoms with E-state index in [0.717, 1.165) is 67.4 Å². The number of rotatable bonds is 11. The Balaban J connectivity index is 0.00000342. The van der Waals surface area contributed by atoms with Crippen LogP contribution < -0.4 is 11.1 Å². The van der Waals surface area contributed by atoms with E-state index in [2.05, 4.69) is 36.9 Å². The predicted molar refractivity (Wildman–Crippen MR) is 146 cm³/mol. The van der Waals surface area contributed by atoms with Crippen LogP contribution in [-0.4, -0.2) is 35.4 Å². The van der Waals surface area contributed by atoms with E-state index in [1.54, 1.807) is 6.20 Å². The molecule has 2 aliphatic carbocycles. The van der Waals surface area contributed by atoms with Crippen molar-refractivity contribution < 1.29 is 9.53 Å². The Bertz CT molecular complexity index is 1050. The van der Waals surface area contributed by atoms with Crippen molar-refractivity contribution in [3.8, 4) is 11.3 Å². The Morgan fingerprint density at radius 2 is 1.86 bits per heavy atom. The van der Waals surface area contributed by atoms with Crippen molar-refractivity contribution in [3.05, 3.63) is 41.0 Å². The second kappa shape index (κ2) is 11.3. The van der Waals surface area contributed by atoms with E-state index in [-0.39, 0.29) is 18.3 Å².